The van der Waals surface area contributed by atoms with E-state index >= 15 is 0 Å². The van der Waals surface area contributed by atoms with E-state index in [0.717, 1.165) is 50.9 Å². The van der Waals surface area contributed by atoms with Crippen LogP contribution in [0.1, 0.15) is 55.2 Å². The molecule has 1 amide bonds. The number of fused-ring (bicyclic) bond motifs is 2. The zero-order chi connectivity index (χ0) is 35.1. The second-order valence-electron chi connectivity index (χ2n) is 12.7. The van der Waals surface area contributed by atoms with Crippen LogP contribution < -0.4 is 0 Å². The molecule has 5 N–H and O–H groups in total. The zero-order valence-electron chi connectivity index (χ0n) is 26.8. The van der Waals surface area contributed by atoms with Gasteiger partial charge in [-0.25, -0.2) is 4.79 Å². The van der Waals surface area contributed by atoms with Gasteiger partial charge in [-0.05, 0) is 67.0 Å². The first-order valence-corrected chi connectivity index (χ1v) is 16.3. The quantitative estimate of drug-likeness (QED) is 0.219. The second-order valence-corrected chi connectivity index (χ2v) is 13.1. The average Bonchev–Trinajstić information content (AvgIpc) is 3.64. The van der Waals surface area contributed by atoms with Crippen molar-refractivity contribution in [3.8, 4) is 5.75 Å². The highest BCUT2D eigenvalue weighted by molar-refractivity contribution is 6.31. The number of carboxylic acids is 3. The number of ether oxygens (including phenoxy) is 2. The number of methoxy groups -OCH3 is 1. The number of nitrogens with zero attached hydrogens (tertiary/aromatic N) is 2. The van der Waals surface area contributed by atoms with E-state index in [1.807, 2.05) is 4.90 Å². The smallest absolute Gasteiger partial charge is 0.336 e. The maximum absolute atomic E-state index is 13.8. The van der Waals surface area contributed by atoms with Gasteiger partial charge in [0.05, 0.1) is 43.6 Å². The Hall–Kier alpha value is -3.75. The third-order valence-electron chi connectivity index (χ3n) is 9.30. The van der Waals surface area contributed by atoms with Crippen molar-refractivity contribution in [2.45, 2.75) is 68.8 Å². The molecule has 3 heterocycles. The number of likely N-dealkylation sites (tertiary alicyclic amines) is 2. The molecule has 5 rings (SSSR count). The van der Waals surface area contributed by atoms with Crippen molar-refractivity contribution >= 4 is 35.4 Å². The summed E-state index contributed by atoms with van der Waals surface area (Å²) in [5, 5.41) is 44.4. The number of carboxylic acid groups (broad SMARTS) is 3. The molecule has 14 heteroatoms. The number of halogens is 1. The van der Waals surface area contributed by atoms with Crippen LogP contribution in [-0.4, -0.2) is 111 Å². The molecule has 2 fully saturated rings. The predicted molar refractivity (Wildman–Crippen MR) is 173 cm³/mol. The second kappa shape index (κ2) is 16.1. The molecule has 2 aromatic rings. The van der Waals surface area contributed by atoms with Gasteiger partial charge in [0.1, 0.15) is 5.75 Å². The van der Waals surface area contributed by atoms with Crippen molar-refractivity contribution in [2.75, 3.05) is 39.9 Å². The van der Waals surface area contributed by atoms with Gasteiger partial charge in [0, 0.05) is 38.3 Å². The summed E-state index contributed by atoms with van der Waals surface area (Å²) in [6.07, 6.45) is 2.04. The van der Waals surface area contributed by atoms with Gasteiger partial charge in [-0.1, -0.05) is 35.9 Å². The molecule has 48 heavy (non-hydrogen) atoms. The number of carbonyl (C=O) groups excluding carboxylic acids is 1. The number of aliphatic carboxylic acids is 3. The molecule has 262 valence electrons. The number of piperidine rings is 1. The summed E-state index contributed by atoms with van der Waals surface area (Å²) >= 11 is 6.47. The van der Waals surface area contributed by atoms with E-state index in [2.05, 4.69) is 29.2 Å². The number of hydrogen-bond acceptors (Lipinski definition) is 9. The van der Waals surface area contributed by atoms with Gasteiger partial charge < -0.3 is 44.8 Å². The number of aliphatic hydroxyl groups is 1. The fraction of sp³-hybridized carbons (Fsp3) is 0.529. The third kappa shape index (κ3) is 9.03. The first kappa shape index (κ1) is 37.1. The topological polar surface area (TPSA) is 194 Å². The van der Waals surface area contributed by atoms with E-state index in [1.54, 1.807) is 25.3 Å². The van der Waals surface area contributed by atoms with Gasteiger partial charge in [-0.15, -0.1) is 0 Å². The van der Waals surface area contributed by atoms with Gasteiger partial charge in [0.15, 0.2) is 5.60 Å². The minimum absolute atomic E-state index is 0.127. The lowest BCUT2D eigenvalue weighted by Crippen LogP contribution is -2.49. The molecular formula is C34H43ClN2O11. The van der Waals surface area contributed by atoms with E-state index < -0.39 is 36.4 Å². The Morgan fingerprint density at radius 3 is 2.33 bits per heavy atom. The molecule has 2 saturated heterocycles. The number of amides is 1. The van der Waals surface area contributed by atoms with E-state index in [-0.39, 0.29) is 29.2 Å². The lowest BCUT2D eigenvalue weighted by Gasteiger charge is -2.41. The van der Waals surface area contributed by atoms with Crippen LogP contribution >= 0.6 is 11.6 Å². The van der Waals surface area contributed by atoms with Gasteiger partial charge in [-0.2, -0.15) is 0 Å². The van der Waals surface area contributed by atoms with Crippen LogP contribution in [0.3, 0.4) is 0 Å². The van der Waals surface area contributed by atoms with Gasteiger partial charge >= 0.3 is 17.9 Å². The SMILES string of the molecule is COC[C@@H]1CCCN1C(=O)C(Cc1cc(O)ccc1Cl)CN1CCC2(CC1)OCc1ccccc12.O=C(O)CC(O)(CC(=O)O)C(=O)O. The van der Waals surface area contributed by atoms with Gasteiger partial charge in [-0.3, -0.25) is 14.4 Å². The van der Waals surface area contributed by atoms with Crippen LogP contribution in [0, 0.1) is 5.92 Å². The summed E-state index contributed by atoms with van der Waals surface area (Å²) in [7, 11) is 1.69. The molecule has 0 bridgehead atoms. The van der Waals surface area contributed by atoms with Crippen molar-refractivity contribution in [1.29, 1.82) is 0 Å². The Labute approximate surface area is 283 Å². The summed E-state index contributed by atoms with van der Waals surface area (Å²) in [5.41, 5.74) is 0.509. The number of carbonyl (C=O) groups is 4. The van der Waals surface area contributed by atoms with Crippen LogP contribution in [0.2, 0.25) is 5.02 Å². The van der Waals surface area contributed by atoms with Crippen molar-refractivity contribution in [3.63, 3.8) is 0 Å². The van der Waals surface area contributed by atoms with Crippen molar-refractivity contribution < 1.29 is 54.2 Å². The molecule has 2 aromatic carbocycles. The Balaban J connectivity index is 0.000000341. The molecule has 0 aliphatic carbocycles. The number of phenols is 1. The molecule has 2 atom stereocenters. The van der Waals surface area contributed by atoms with Crippen molar-refractivity contribution in [3.05, 3.63) is 64.2 Å². The van der Waals surface area contributed by atoms with Crippen LogP contribution in [-0.2, 0) is 47.3 Å². The number of benzene rings is 2. The Kier molecular flexibility index (Phi) is 12.4. The van der Waals surface area contributed by atoms with Crippen LogP contribution in [0.4, 0.5) is 0 Å². The van der Waals surface area contributed by atoms with E-state index in [9.17, 15) is 24.3 Å². The zero-order valence-corrected chi connectivity index (χ0v) is 27.6. The number of aromatic hydroxyl groups is 1. The third-order valence-corrected chi connectivity index (χ3v) is 9.67. The van der Waals surface area contributed by atoms with Gasteiger partial charge in [0.25, 0.3) is 0 Å². The fourth-order valence-corrected chi connectivity index (χ4v) is 7.05. The number of hydrogen-bond donors (Lipinski definition) is 5. The lowest BCUT2D eigenvalue weighted by molar-refractivity contribution is -0.170. The summed E-state index contributed by atoms with van der Waals surface area (Å²) in [6.45, 7) is 4.45. The van der Waals surface area contributed by atoms with E-state index in [4.69, 9.17) is 41.5 Å². The minimum Gasteiger partial charge on any atom is -0.508 e. The van der Waals surface area contributed by atoms with Crippen LogP contribution in [0.5, 0.6) is 5.75 Å². The monoisotopic (exact) mass is 690 g/mol. The average molecular weight is 691 g/mol. The van der Waals surface area contributed by atoms with Crippen molar-refractivity contribution in [1.82, 2.24) is 9.80 Å². The molecule has 0 radical (unpaired) electrons. The molecule has 13 nitrogen and oxygen atoms in total. The maximum Gasteiger partial charge on any atom is 0.336 e. The summed E-state index contributed by atoms with van der Waals surface area (Å²) in [4.78, 5) is 48.7. The molecule has 1 spiro atoms. The van der Waals surface area contributed by atoms with E-state index in [1.165, 1.54) is 11.1 Å². The lowest BCUT2D eigenvalue weighted by atomic mass is 9.83. The maximum atomic E-state index is 13.8. The standard InChI is InChI=1S/C28H35ClN2O4.C6H8O7/c1-34-19-23-6-4-12-31(23)27(33)22(15-21-16-24(32)8-9-26(21)29)17-30-13-10-28(11-14-30)25-7-3-2-5-20(25)18-35-28;7-3(8)1-6(13,5(11)12)2-4(9)10/h2-3,5,7-9,16,22-23,32H,4,6,10-15,17-19H2,1H3;13H,1-2H2,(H,7,8)(H,9,10)(H,11,12)/t22?,23-;/m0./s1. The molecule has 0 saturated carbocycles. The van der Waals surface area contributed by atoms with Crippen molar-refractivity contribution in [2.24, 2.45) is 5.92 Å². The van der Waals surface area contributed by atoms with Crippen LogP contribution in [0.15, 0.2) is 42.5 Å². The highest BCUT2D eigenvalue weighted by Crippen LogP contribution is 2.44. The first-order chi connectivity index (χ1) is 22.8. The molecule has 3 aliphatic rings. The van der Waals surface area contributed by atoms with E-state index in [0.29, 0.717) is 31.2 Å². The summed E-state index contributed by atoms with van der Waals surface area (Å²) in [5.74, 6) is -4.93. The largest absolute Gasteiger partial charge is 0.508 e. The highest BCUT2D eigenvalue weighted by Gasteiger charge is 2.44. The fourth-order valence-electron chi connectivity index (χ4n) is 6.86. The van der Waals surface area contributed by atoms with Gasteiger partial charge in [0.2, 0.25) is 5.91 Å². The predicted octanol–water partition coefficient (Wildman–Crippen LogP) is 3.11. The normalized spacial score (nSPS) is 19.3. The highest BCUT2D eigenvalue weighted by atomic mass is 35.5. The summed E-state index contributed by atoms with van der Waals surface area (Å²) in [6, 6.07) is 13.7. The molecule has 0 aromatic heterocycles. The Bertz CT molecular complexity index is 1460. The number of phenolic OH excluding ortho intramolecular Hbond substituents is 1. The summed E-state index contributed by atoms with van der Waals surface area (Å²) < 4.78 is 11.7. The minimum atomic E-state index is -2.74. The Morgan fingerprint density at radius 2 is 1.71 bits per heavy atom. The molecule has 1 unspecified atom stereocenters. The molecule has 3 aliphatic heterocycles. The Morgan fingerprint density at radius 1 is 1.04 bits per heavy atom. The number of rotatable bonds is 12. The first-order valence-electron chi connectivity index (χ1n) is 15.9. The van der Waals surface area contributed by atoms with Crippen LogP contribution in [0.25, 0.3) is 0 Å². The molecular weight excluding hydrogens is 648 g/mol.